The molecule has 0 spiro atoms. The van der Waals surface area contributed by atoms with E-state index in [-0.39, 0.29) is 25.5 Å². The van der Waals surface area contributed by atoms with Gasteiger partial charge >= 0.3 is 120 Å². The van der Waals surface area contributed by atoms with Gasteiger partial charge in [0.25, 0.3) is 0 Å². The van der Waals surface area contributed by atoms with Crippen molar-refractivity contribution in [3.8, 4) is 39.5 Å². The SMILES string of the molecule is Cc1cc2c(cc1-n1c(-c3[c-]ccc4c3oc3ncccc34)nc3ccc4ccccc4c31)C(C)(C)c1ccccc1-2.[2H]C(C)(C)c1c[c-]c(-c2cc[c]([Ge]([CH3])([CH3])[CH3])cn2)cc1.[Ir]. The van der Waals surface area contributed by atoms with Gasteiger partial charge in [0.15, 0.2) is 0 Å². The molecule has 62 heavy (non-hydrogen) atoms. The fourth-order valence-corrected chi connectivity index (χ4v) is 11.1. The van der Waals surface area contributed by atoms with E-state index in [1.54, 1.807) is 6.20 Å². The number of nitrogens with zero attached hydrogens (tertiary/aromatic N) is 4. The summed E-state index contributed by atoms with van der Waals surface area (Å²) < 4.78 is 18.2. The Morgan fingerprint density at radius 3 is 2.32 bits per heavy atom. The van der Waals surface area contributed by atoms with E-state index in [0.717, 1.165) is 66.7 Å². The second kappa shape index (κ2) is 15.9. The summed E-state index contributed by atoms with van der Waals surface area (Å²) in [5.41, 5.74) is 14.6. The second-order valence-corrected chi connectivity index (χ2v) is 28.7. The minimum atomic E-state index is -1.78. The monoisotopic (exact) mass is 1050 g/mol. The van der Waals surface area contributed by atoms with Crippen molar-refractivity contribution >= 4 is 61.5 Å². The first-order valence-corrected chi connectivity index (χ1v) is 28.4. The molecule has 0 amide bonds. The third kappa shape index (κ3) is 7.03. The first kappa shape index (κ1) is 40.4. The molecule has 4 heterocycles. The van der Waals surface area contributed by atoms with Gasteiger partial charge in [-0.1, -0.05) is 79.4 Å². The molecule has 1 aliphatic rings. The number of fused-ring (bicyclic) bond motifs is 9. The Kier molecular flexibility index (Phi) is 10.4. The fraction of sp³-hybridized carbons (Fsp3) is 0.182. The van der Waals surface area contributed by atoms with Crippen molar-refractivity contribution in [1.82, 2.24) is 19.5 Å². The van der Waals surface area contributed by atoms with Crippen molar-refractivity contribution < 1.29 is 25.9 Å². The number of hydrogen-bond donors (Lipinski definition) is 0. The van der Waals surface area contributed by atoms with Gasteiger partial charge in [-0.3, -0.25) is 4.98 Å². The van der Waals surface area contributed by atoms with Gasteiger partial charge in [-0.15, -0.1) is 18.2 Å². The molecule has 7 heteroatoms. The third-order valence-electron chi connectivity index (χ3n) is 12.4. The molecular weight excluding hydrogens is 997 g/mol. The van der Waals surface area contributed by atoms with Crippen LogP contribution in [0.15, 0.2) is 144 Å². The molecule has 309 valence electrons. The molecule has 0 fully saturated rings. The average Bonchev–Trinajstić information content (AvgIpc) is 3.91. The largest absolute Gasteiger partial charge is 0 e. The number of benzene rings is 6. The predicted octanol–water partition coefficient (Wildman–Crippen LogP) is 13.8. The number of aryl methyl sites for hydroxylation is 1. The Hall–Kier alpha value is -5.66. The van der Waals surface area contributed by atoms with Crippen molar-refractivity contribution in [1.29, 1.82) is 0 Å². The van der Waals surface area contributed by atoms with Crippen LogP contribution in [0.1, 0.15) is 57.2 Å². The molecule has 6 aromatic carbocycles. The number of furan rings is 1. The van der Waals surface area contributed by atoms with Gasteiger partial charge in [0.05, 0.1) is 22.4 Å². The molecule has 0 unspecified atom stereocenters. The van der Waals surface area contributed by atoms with Crippen LogP contribution in [0, 0.1) is 19.1 Å². The summed E-state index contributed by atoms with van der Waals surface area (Å²) in [5.74, 6) is 7.34. The molecule has 11 rings (SSSR count). The molecule has 0 bridgehead atoms. The molecule has 0 N–H and O–H groups in total. The number of rotatable bonds is 5. The zero-order chi connectivity index (χ0) is 43.1. The number of imidazole rings is 1. The molecule has 0 saturated heterocycles. The summed E-state index contributed by atoms with van der Waals surface area (Å²) in [6.45, 7) is 10.6. The first-order valence-electron chi connectivity index (χ1n) is 21.5. The zero-order valence-electron chi connectivity index (χ0n) is 37.3. The minimum absolute atomic E-state index is 0. The Morgan fingerprint density at radius 2 is 1.56 bits per heavy atom. The Bertz CT molecular complexity index is 3300. The zero-order valence-corrected chi connectivity index (χ0v) is 40.8. The van der Waals surface area contributed by atoms with E-state index in [0.29, 0.717) is 5.71 Å². The van der Waals surface area contributed by atoms with Crippen molar-refractivity contribution in [2.45, 2.75) is 63.2 Å². The summed E-state index contributed by atoms with van der Waals surface area (Å²) >= 11 is -1.78. The van der Waals surface area contributed by atoms with Crippen LogP contribution in [-0.2, 0) is 25.5 Å². The first-order chi connectivity index (χ1) is 29.7. The van der Waals surface area contributed by atoms with Crippen LogP contribution < -0.4 is 4.40 Å². The minimum Gasteiger partial charge on any atom is 0 e. The van der Waals surface area contributed by atoms with Gasteiger partial charge in [0.1, 0.15) is 0 Å². The van der Waals surface area contributed by atoms with Gasteiger partial charge in [0, 0.05) is 48.2 Å². The Balaban J connectivity index is 0.000000204. The molecular formula is C55H48GeIrN4O-2. The van der Waals surface area contributed by atoms with Crippen LogP contribution in [0.2, 0.25) is 17.3 Å². The van der Waals surface area contributed by atoms with E-state index in [2.05, 4.69) is 162 Å². The third-order valence-corrected chi connectivity index (χ3v) is 16.7. The van der Waals surface area contributed by atoms with Crippen LogP contribution >= 0.6 is 0 Å². The molecule has 0 atom stereocenters. The van der Waals surface area contributed by atoms with Gasteiger partial charge in [0.2, 0.25) is 5.71 Å². The quantitative estimate of drug-likeness (QED) is 0.127. The molecule has 1 aliphatic carbocycles. The van der Waals surface area contributed by atoms with E-state index >= 15 is 0 Å². The van der Waals surface area contributed by atoms with E-state index < -0.39 is 19.2 Å². The summed E-state index contributed by atoms with van der Waals surface area (Å²) in [4.78, 5) is 14.4. The molecule has 5 nitrogen and oxygen atoms in total. The summed E-state index contributed by atoms with van der Waals surface area (Å²) in [6.07, 6.45) is 3.79. The molecule has 1 radical (unpaired) electrons. The van der Waals surface area contributed by atoms with Crippen LogP contribution in [-0.4, -0.2) is 32.8 Å². The molecule has 4 aromatic heterocycles. The maximum Gasteiger partial charge on any atom is 0 e. The number of hydrogen-bond acceptors (Lipinski definition) is 4. The van der Waals surface area contributed by atoms with Crippen molar-refractivity contribution in [3.05, 3.63) is 174 Å². The van der Waals surface area contributed by atoms with Gasteiger partial charge in [-0.2, -0.15) is 0 Å². The second-order valence-electron chi connectivity index (χ2n) is 18.0. The molecule has 10 aromatic rings. The van der Waals surface area contributed by atoms with E-state index in [1.165, 1.54) is 37.6 Å². The number of pyridine rings is 2. The predicted molar refractivity (Wildman–Crippen MR) is 256 cm³/mol. The normalized spacial score (nSPS) is 13.4. The van der Waals surface area contributed by atoms with Crippen molar-refractivity contribution in [2.24, 2.45) is 0 Å². The Morgan fingerprint density at radius 1 is 0.774 bits per heavy atom. The standard InChI is InChI=1S/C38H26N3O.C17H22GeN.Ir/c1-22-20-29-25-12-6-7-16-30(25)38(2,3)31(29)21-33(22)41-34-24-11-5-4-10-23(24)17-18-32(34)40-36(41)28-14-8-13-26-27-15-9-19-39-37(27)42-35(26)28;1-13(2)14-6-8-15(9-7-14)17-11-10-16(12-19-17)18(3,4)5;/h4-13,15-21H,1-3H3;6-8,10-13H,1-5H3;/q2*-1;/i;13D;. The molecule has 0 saturated carbocycles. The van der Waals surface area contributed by atoms with E-state index in [4.69, 9.17) is 10.8 Å². The van der Waals surface area contributed by atoms with Crippen LogP contribution in [0.4, 0.5) is 0 Å². The van der Waals surface area contributed by atoms with Crippen molar-refractivity contribution in [3.63, 3.8) is 0 Å². The van der Waals surface area contributed by atoms with Gasteiger partial charge in [-0.25, -0.2) is 4.98 Å². The maximum absolute atomic E-state index is 8.02. The van der Waals surface area contributed by atoms with Crippen LogP contribution in [0.25, 0.3) is 83.3 Å². The van der Waals surface area contributed by atoms with Crippen LogP contribution in [0.3, 0.4) is 0 Å². The maximum atomic E-state index is 8.02. The summed E-state index contributed by atoms with van der Waals surface area (Å²) in [6, 6.07) is 51.3. The number of aromatic nitrogens is 4. The summed E-state index contributed by atoms with van der Waals surface area (Å²) in [5, 5.41) is 4.34. The fourth-order valence-electron chi connectivity index (χ4n) is 8.96. The topological polar surface area (TPSA) is 56.7 Å². The van der Waals surface area contributed by atoms with E-state index in [1.807, 2.05) is 50.4 Å². The smallest absolute Gasteiger partial charge is 0 e. The average molecular weight is 1050 g/mol. The van der Waals surface area contributed by atoms with E-state index in [9.17, 15) is 0 Å². The summed E-state index contributed by atoms with van der Waals surface area (Å²) in [7, 11) is 0. The van der Waals surface area contributed by atoms with Gasteiger partial charge < -0.3 is 8.98 Å². The van der Waals surface area contributed by atoms with Crippen LogP contribution in [0.5, 0.6) is 0 Å². The molecule has 0 aliphatic heterocycles. The van der Waals surface area contributed by atoms with Crippen molar-refractivity contribution in [2.75, 3.05) is 0 Å². The van der Waals surface area contributed by atoms with Gasteiger partial charge in [-0.05, 0) is 70.5 Å². The Labute approximate surface area is 381 Å².